The van der Waals surface area contributed by atoms with E-state index in [0.717, 1.165) is 30.2 Å². The van der Waals surface area contributed by atoms with E-state index in [1.807, 2.05) is 51.7 Å². The van der Waals surface area contributed by atoms with Gasteiger partial charge in [0, 0.05) is 42.7 Å². The Labute approximate surface area is 152 Å². The largest absolute Gasteiger partial charge is 0.472 e. The molecule has 3 rings (SSSR count). The minimum atomic E-state index is 0.0797. The van der Waals surface area contributed by atoms with Crippen molar-refractivity contribution in [3.63, 3.8) is 0 Å². The van der Waals surface area contributed by atoms with Crippen LogP contribution in [0.2, 0.25) is 0 Å². The summed E-state index contributed by atoms with van der Waals surface area (Å²) in [6.45, 7) is 3.52. The second-order valence-corrected chi connectivity index (χ2v) is 9.40. The molecule has 1 aromatic heterocycles. The van der Waals surface area contributed by atoms with Gasteiger partial charge in [0.1, 0.15) is 6.10 Å². The Morgan fingerprint density at radius 3 is 3.04 bits per heavy atom. The smallest absolute Gasteiger partial charge is 0.222 e. The lowest BCUT2D eigenvalue weighted by Gasteiger charge is -2.17. The first-order chi connectivity index (χ1) is 11.7. The van der Waals surface area contributed by atoms with Gasteiger partial charge in [0.25, 0.3) is 0 Å². The highest BCUT2D eigenvalue weighted by Gasteiger charge is 2.27. The van der Waals surface area contributed by atoms with Gasteiger partial charge in [-0.3, -0.25) is 4.79 Å². The summed E-state index contributed by atoms with van der Waals surface area (Å²) >= 11 is 0. The van der Waals surface area contributed by atoms with Crippen LogP contribution in [0.25, 0.3) is 0 Å². The molecule has 2 saturated heterocycles. The molecule has 0 radical (unpaired) electrons. The molecule has 2 aliphatic rings. The summed E-state index contributed by atoms with van der Waals surface area (Å²) < 4.78 is 5.89. The van der Waals surface area contributed by atoms with E-state index in [9.17, 15) is 4.79 Å². The molecule has 1 aromatic rings. The molecule has 132 valence electrons. The SMILES string of the molecule is Cc1ccc(OC2CCN(C(=O)CCCCC3CCSS3)C2)nc1. The van der Waals surface area contributed by atoms with Gasteiger partial charge in [-0.25, -0.2) is 4.98 Å². The average Bonchev–Trinajstić information content (AvgIpc) is 3.25. The Bertz CT molecular complexity index is 532. The maximum absolute atomic E-state index is 12.3. The van der Waals surface area contributed by atoms with Crippen molar-refractivity contribution in [2.75, 3.05) is 18.8 Å². The quantitative estimate of drug-likeness (QED) is 0.537. The number of pyridine rings is 1. The maximum atomic E-state index is 12.3. The van der Waals surface area contributed by atoms with Crippen LogP contribution < -0.4 is 4.74 Å². The van der Waals surface area contributed by atoms with Gasteiger partial charge < -0.3 is 9.64 Å². The first kappa shape index (κ1) is 17.9. The summed E-state index contributed by atoms with van der Waals surface area (Å²) in [5.41, 5.74) is 1.13. The fourth-order valence-corrected chi connectivity index (χ4v) is 6.14. The van der Waals surface area contributed by atoms with Crippen LogP contribution in [0, 0.1) is 6.92 Å². The van der Waals surface area contributed by atoms with Gasteiger partial charge in [0.2, 0.25) is 11.8 Å². The third-order valence-electron chi connectivity index (χ3n) is 4.56. The van der Waals surface area contributed by atoms with Gasteiger partial charge in [0.15, 0.2) is 0 Å². The highest BCUT2D eigenvalue weighted by atomic mass is 33.1. The molecule has 2 fully saturated rings. The van der Waals surface area contributed by atoms with Gasteiger partial charge in [-0.1, -0.05) is 34.1 Å². The summed E-state index contributed by atoms with van der Waals surface area (Å²) in [6.07, 6.45) is 8.26. The molecule has 0 aromatic carbocycles. The molecular formula is C18H26N2O2S2. The first-order valence-corrected chi connectivity index (χ1v) is 11.2. The molecule has 0 saturated carbocycles. The van der Waals surface area contributed by atoms with Crippen LogP contribution in [0.1, 0.15) is 44.1 Å². The number of amides is 1. The Morgan fingerprint density at radius 1 is 1.38 bits per heavy atom. The number of hydrogen-bond acceptors (Lipinski definition) is 5. The van der Waals surface area contributed by atoms with E-state index in [4.69, 9.17) is 4.74 Å². The van der Waals surface area contributed by atoms with Gasteiger partial charge in [-0.05, 0) is 31.7 Å². The summed E-state index contributed by atoms with van der Waals surface area (Å²) in [4.78, 5) is 18.6. The third kappa shape index (κ3) is 5.31. The van der Waals surface area contributed by atoms with Crippen molar-refractivity contribution in [3.05, 3.63) is 23.9 Å². The second kappa shape index (κ2) is 8.99. The Kier molecular flexibility index (Phi) is 6.72. The number of carbonyl (C=O) groups is 1. The lowest BCUT2D eigenvalue weighted by molar-refractivity contribution is -0.130. The van der Waals surface area contributed by atoms with E-state index in [-0.39, 0.29) is 12.0 Å². The zero-order valence-corrected chi connectivity index (χ0v) is 15.9. The Balaban J connectivity index is 1.33. The molecule has 0 bridgehead atoms. The minimum Gasteiger partial charge on any atom is -0.472 e. The van der Waals surface area contributed by atoms with Crippen molar-refractivity contribution in [2.24, 2.45) is 0 Å². The minimum absolute atomic E-state index is 0.0797. The lowest BCUT2D eigenvalue weighted by Crippen LogP contribution is -2.30. The average molecular weight is 367 g/mol. The molecule has 24 heavy (non-hydrogen) atoms. The number of rotatable bonds is 7. The second-order valence-electron chi connectivity index (χ2n) is 6.62. The normalized spacial score (nSPS) is 23.6. The molecule has 6 heteroatoms. The molecule has 2 aliphatic heterocycles. The molecular weight excluding hydrogens is 340 g/mol. The predicted molar refractivity (Wildman–Crippen MR) is 102 cm³/mol. The number of nitrogens with zero attached hydrogens (tertiary/aromatic N) is 2. The van der Waals surface area contributed by atoms with Crippen molar-refractivity contribution in [2.45, 2.75) is 56.8 Å². The van der Waals surface area contributed by atoms with Crippen LogP contribution >= 0.6 is 21.6 Å². The predicted octanol–water partition coefficient (Wildman–Crippen LogP) is 4.08. The van der Waals surface area contributed by atoms with Crippen LogP contribution in [0.4, 0.5) is 0 Å². The number of carbonyl (C=O) groups excluding carboxylic acids is 1. The first-order valence-electron chi connectivity index (χ1n) is 8.86. The highest BCUT2D eigenvalue weighted by Crippen LogP contribution is 2.39. The van der Waals surface area contributed by atoms with Crippen LogP contribution in [0.3, 0.4) is 0 Å². The third-order valence-corrected chi connectivity index (χ3v) is 7.57. The summed E-state index contributed by atoms with van der Waals surface area (Å²) in [7, 11) is 4.02. The fourth-order valence-electron chi connectivity index (χ4n) is 3.12. The van der Waals surface area contributed by atoms with E-state index in [2.05, 4.69) is 4.98 Å². The molecule has 0 spiro atoms. The van der Waals surface area contributed by atoms with Crippen LogP contribution in [0.15, 0.2) is 18.3 Å². The zero-order valence-electron chi connectivity index (χ0n) is 14.3. The van der Waals surface area contributed by atoms with Crippen molar-refractivity contribution >= 4 is 27.5 Å². The molecule has 1 amide bonds. The number of aryl methyl sites for hydroxylation is 1. The summed E-state index contributed by atoms with van der Waals surface area (Å²) in [6, 6.07) is 3.90. The standard InChI is InChI=1S/C18H26N2O2S2/c1-14-6-7-17(19-12-14)22-15-8-10-20(13-15)18(21)5-3-2-4-16-9-11-23-24-16/h6-7,12,15-16H,2-5,8-11,13H2,1H3. The molecule has 0 aliphatic carbocycles. The van der Waals surface area contributed by atoms with Crippen molar-refractivity contribution in [1.82, 2.24) is 9.88 Å². The van der Waals surface area contributed by atoms with E-state index in [1.54, 1.807) is 0 Å². The lowest BCUT2D eigenvalue weighted by atomic mass is 10.1. The van der Waals surface area contributed by atoms with E-state index in [1.165, 1.54) is 25.0 Å². The number of likely N-dealkylation sites (tertiary alicyclic amines) is 1. The van der Waals surface area contributed by atoms with Crippen molar-refractivity contribution in [1.29, 1.82) is 0 Å². The number of ether oxygens (including phenoxy) is 1. The van der Waals surface area contributed by atoms with Gasteiger partial charge >= 0.3 is 0 Å². The molecule has 3 heterocycles. The molecule has 4 nitrogen and oxygen atoms in total. The molecule has 2 atom stereocenters. The van der Waals surface area contributed by atoms with Crippen LogP contribution in [-0.4, -0.2) is 46.0 Å². The van der Waals surface area contributed by atoms with Crippen LogP contribution in [-0.2, 0) is 4.79 Å². The van der Waals surface area contributed by atoms with E-state index >= 15 is 0 Å². The van der Waals surface area contributed by atoms with Crippen molar-refractivity contribution in [3.8, 4) is 5.88 Å². The van der Waals surface area contributed by atoms with Gasteiger partial charge in [-0.15, -0.1) is 0 Å². The molecule has 0 N–H and O–H groups in total. The summed E-state index contributed by atoms with van der Waals surface area (Å²) in [5, 5.41) is 0.816. The number of hydrogen-bond donors (Lipinski definition) is 0. The maximum Gasteiger partial charge on any atom is 0.222 e. The Morgan fingerprint density at radius 2 is 2.29 bits per heavy atom. The fraction of sp³-hybridized carbons (Fsp3) is 0.667. The number of aromatic nitrogens is 1. The summed E-state index contributed by atoms with van der Waals surface area (Å²) in [5.74, 6) is 2.23. The highest BCUT2D eigenvalue weighted by molar-refractivity contribution is 8.77. The molecule has 2 unspecified atom stereocenters. The number of unbranched alkanes of at least 4 members (excludes halogenated alkanes) is 1. The topological polar surface area (TPSA) is 42.4 Å². The van der Waals surface area contributed by atoms with E-state index < -0.39 is 0 Å². The van der Waals surface area contributed by atoms with Gasteiger partial charge in [0.05, 0.1) is 6.54 Å². The van der Waals surface area contributed by atoms with E-state index in [0.29, 0.717) is 18.8 Å². The van der Waals surface area contributed by atoms with Crippen molar-refractivity contribution < 1.29 is 9.53 Å². The monoisotopic (exact) mass is 366 g/mol. The van der Waals surface area contributed by atoms with Crippen LogP contribution in [0.5, 0.6) is 5.88 Å². The Hall–Kier alpha value is -0.880. The zero-order chi connectivity index (χ0) is 16.8. The van der Waals surface area contributed by atoms with Gasteiger partial charge in [-0.2, -0.15) is 0 Å².